The monoisotopic (exact) mass is 760 g/mol. The molecule has 0 amide bonds. The number of benzene rings is 5. The van der Waals surface area contributed by atoms with Gasteiger partial charge >= 0.3 is 29.6 Å². The van der Waals surface area contributed by atoms with Gasteiger partial charge < -0.3 is 14.3 Å². The van der Waals surface area contributed by atoms with Gasteiger partial charge in [0.2, 0.25) is 0 Å². The molecular formula is C41H41N2NaO7S2. The van der Waals surface area contributed by atoms with Crippen LogP contribution in [0.4, 0.5) is 17.1 Å². The SMILES string of the molecule is CCc1cc(C)cc(CC)c1N=c1ccc2c(-c3ccccc3S(=O)(=O)O)c3ccc(Nc4c(CC)cc(C)c(S(=O)(=O)[O-])c4CC)cc3oc-2c1.[Na+]. The zero-order valence-corrected chi connectivity index (χ0v) is 34.6. The Morgan fingerprint density at radius 3 is 2.04 bits per heavy atom. The third-order valence-electron chi connectivity index (χ3n) is 9.45. The minimum absolute atomic E-state index is 0. The maximum Gasteiger partial charge on any atom is 1.00 e. The smallest absolute Gasteiger partial charge is 0.744 e. The van der Waals surface area contributed by atoms with Crippen molar-refractivity contribution < 1.29 is 59.9 Å². The normalized spacial score (nSPS) is 12.3. The fourth-order valence-electron chi connectivity index (χ4n) is 7.17. The molecule has 1 heterocycles. The van der Waals surface area contributed by atoms with Gasteiger partial charge in [-0.25, -0.2) is 13.4 Å². The van der Waals surface area contributed by atoms with Gasteiger partial charge in [0.15, 0.2) is 0 Å². The Kier molecular flexibility index (Phi) is 12.1. The largest absolute Gasteiger partial charge is 1.00 e. The van der Waals surface area contributed by atoms with Gasteiger partial charge in [0.05, 0.1) is 15.9 Å². The van der Waals surface area contributed by atoms with Gasteiger partial charge in [0.25, 0.3) is 10.1 Å². The zero-order valence-electron chi connectivity index (χ0n) is 31.0. The molecule has 270 valence electrons. The van der Waals surface area contributed by atoms with Gasteiger partial charge in [-0.3, -0.25) is 4.55 Å². The van der Waals surface area contributed by atoms with Crippen LogP contribution in [0.2, 0.25) is 0 Å². The Morgan fingerprint density at radius 2 is 1.43 bits per heavy atom. The average molecular weight is 761 g/mol. The number of hydrogen-bond donors (Lipinski definition) is 2. The Morgan fingerprint density at radius 1 is 0.774 bits per heavy atom. The van der Waals surface area contributed by atoms with Crippen LogP contribution in [0.25, 0.3) is 33.4 Å². The van der Waals surface area contributed by atoms with E-state index in [0.717, 1.165) is 35.2 Å². The molecule has 2 N–H and O–H groups in total. The second-order valence-corrected chi connectivity index (χ2v) is 15.6. The van der Waals surface area contributed by atoms with Crippen LogP contribution in [0.1, 0.15) is 61.1 Å². The maximum atomic E-state index is 12.6. The van der Waals surface area contributed by atoms with E-state index in [1.807, 2.05) is 25.1 Å². The van der Waals surface area contributed by atoms with E-state index in [0.29, 0.717) is 74.1 Å². The van der Waals surface area contributed by atoms with Crippen molar-refractivity contribution in [1.29, 1.82) is 0 Å². The van der Waals surface area contributed by atoms with Crippen LogP contribution in [0.15, 0.2) is 98.1 Å². The van der Waals surface area contributed by atoms with Crippen molar-refractivity contribution in [3.8, 4) is 22.5 Å². The summed E-state index contributed by atoms with van der Waals surface area (Å²) in [6, 6.07) is 23.2. The molecule has 1 aliphatic heterocycles. The van der Waals surface area contributed by atoms with Crippen molar-refractivity contribution in [1.82, 2.24) is 0 Å². The summed E-state index contributed by atoms with van der Waals surface area (Å²) in [4.78, 5) is 4.61. The molecule has 0 bridgehead atoms. The Balaban J connectivity index is 0.00000541. The summed E-state index contributed by atoms with van der Waals surface area (Å²) in [5, 5.41) is 4.61. The summed E-state index contributed by atoms with van der Waals surface area (Å²) in [6.45, 7) is 11.7. The quantitative estimate of drug-likeness (QED) is 0.0953. The molecule has 12 heteroatoms. The van der Waals surface area contributed by atoms with Crippen LogP contribution >= 0.6 is 0 Å². The van der Waals surface area contributed by atoms with Gasteiger partial charge in [-0.2, -0.15) is 8.42 Å². The van der Waals surface area contributed by atoms with Crippen molar-refractivity contribution in [2.45, 2.75) is 77.0 Å². The Hall–Kier alpha value is -3.81. The summed E-state index contributed by atoms with van der Waals surface area (Å²) in [5.41, 5.74) is 8.96. The number of rotatable bonds is 10. The van der Waals surface area contributed by atoms with Crippen LogP contribution in [-0.4, -0.2) is 25.9 Å². The average Bonchev–Trinajstić information content (AvgIpc) is 3.10. The molecule has 0 fully saturated rings. The molecule has 0 aromatic heterocycles. The van der Waals surface area contributed by atoms with Crippen molar-refractivity contribution in [2.24, 2.45) is 4.99 Å². The predicted molar refractivity (Wildman–Crippen MR) is 204 cm³/mol. The molecule has 0 atom stereocenters. The van der Waals surface area contributed by atoms with Gasteiger partial charge in [-0.05, 0) is 97.7 Å². The van der Waals surface area contributed by atoms with E-state index in [1.54, 1.807) is 56.3 Å². The first-order valence-electron chi connectivity index (χ1n) is 17.3. The van der Waals surface area contributed by atoms with E-state index in [2.05, 4.69) is 38.2 Å². The predicted octanol–water partition coefficient (Wildman–Crippen LogP) is 6.20. The number of anilines is 2. The maximum absolute atomic E-state index is 12.6. The topological polar surface area (TPSA) is 149 Å². The molecular weight excluding hydrogens is 720 g/mol. The first-order chi connectivity index (χ1) is 24.7. The molecule has 0 saturated heterocycles. The third kappa shape index (κ3) is 8.02. The standard InChI is InChI=1S/C41H42N2O7S2.Na/c1-7-26-19-24(5)20-27(8-2)39(26)42-29-15-17-32-35(22-29)50-36-23-30(16-18-33(36)38(32)34-13-11-12-14-37(34)51(44,45)46)43-40-28(9-3)21-25(6)41(31(40)10-4)52(47,48)49;/h11-23,43H,7-10H2,1-6H3,(H,44,45,46)(H,47,48,49);/q;+1/p-1. The van der Waals surface area contributed by atoms with E-state index < -0.39 is 20.2 Å². The summed E-state index contributed by atoms with van der Waals surface area (Å²) in [7, 11) is -9.36. The van der Waals surface area contributed by atoms with Crippen LogP contribution in [0.3, 0.4) is 0 Å². The summed E-state index contributed by atoms with van der Waals surface area (Å²) < 4.78 is 79.2. The number of nitrogens with one attached hydrogen (secondary N) is 1. The fourth-order valence-corrected chi connectivity index (χ4v) is 8.87. The molecule has 2 aliphatic rings. The molecule has 4 aromatic rings. The van der Waals surface area contributed by atoms with Crippen molar-refractivity contribution in [3.63, 3.8) is 0 Å². The number of aryl methyl sites for hydroxylation is 5. The molecule has 4 aromatic carbocycles. The number of nitrogens with zero attached hydrogens (tertiary/aromatic N) is 1. The summed E-state index contributed by atoms with van der Waals surface area (Å²) >= 11 is 0. The van der Waals surface area contributed by atoms with E-state index >= 15 is 0 Å². The van der Waals surface area contributed by atoms with Gasteiger partial charge in [0, 0.05) is 45.6 Å². The molecule has 0 spiro atoms. The van der Waals surface area contributed by atoms with Crippen molar-refractivity contribution >= 4 is 48.3 Å². The first kappa shape index (κ1) is 40.4. The zero-order chi connectivity index (χ0) is 37.5. The Labute approximate surface area is 333 Å². The first-order valence-corrected chi connectivity index (χ1v) is 20.2. The van der Waals surface area contributed by atoms with E-state index in [4.69, 9.17) is 9.41 Å². The van der Waals surface area contributed by atoms with Crippen molar-refractivity contribution in [2.75, 3.05) is 5.32 Å². The number of hydrogen-bond acceptors (Lipinski definition) is 8. The molecule has 53 heavy (non-hydrogen) atoms. The van der Waals surface area contributed by atoms with Gasteiger partial charge in [0.1, 0.15) is 26.4 Å². The second kappa shape index (κ2) is 15.9. The molecule has 0 unspecified atom stereocenters. The number of fused-ring (bicyclic) bond motifs is 2. The molecule has 6 rings (SSSR count). The minimum atomic E-state index is -4.75. The molecule has 0 radical (unpaired) electrons. The van der Waals surface area contributed by atoms with Crippen LogP contribution in [0, 0.1) is 13.8 Å². The van der Waals surface area contributed by atoms with E-state index in [-0.39, 0.29) is 39.3 Å². The van der Waals surface area contributed by atoms with E-state index in [1.165, 1.54) is 11.6 Å². The second-order valence-electron chi connectivity index (χ2n) is 12.9. The van der Waals surface area contributed by atoms with E-state index in [9.17, 15) is 25.9 Å². The van der Waals surface area contributed by atoms with Crippen LogP contribution in [0.5, 0.6) is 0 Å². The fraction of sp³-hybridized carbons (Fsp3) is 0.244. The molecule has 0 saturated carbocycles. The molecule has 9 nitrogen and oxygen atoms in total. The van der Waals surface area contributed by atoms with Crippen LogP contribution < -0.4 is 40.2 Å². The van der Waals surface area contributed by atoms with Crippen LogP contribution in [-0.2, 0) is 45.9 Å². The molecule has 1 aliphatic carbocycles. The Bertz CT molecular complexity index is 2610. The third-order valence-corrected chi connectivity index (χ3v) is 11.4. The van der Waals surface area contributed by atoms with Gasteiger partial charge in [-0.1, -0.05) is 69.7 Å². The van der Waals surface area contributed by atoms with Gasteiger partial charge in [-0.15, -0.1) is 0 Å². The minimum Gasteiger partial charge on any atom is -0.744 e. The summed E-state index contributed by atoms with van der Waals surface area (Å²) in [5.74, 6) is 0.438. The summed E-state index contributed by atoms with van der Waals surface area (Å²) in [6.07, 6.45) is 2.51. The van der Waals surface area contributed by atoms with Crippen molar-refractivity contribution in [3.05, 3.63) is 118 Å².